The quantitative estimate of drug-likeness (QED) is 0.813. The SMILES string of the molecule is CCCC(=O)N1CCCC(C(=O)N(CCC)C2CCNCC2)C1. The van der Waals surface area contributed by atoms with Crippen molar-refractivity contribution < 1.29 is 9.59 Å². The van der Waals surface area contributed by atoms with Crippen molar-refractivity contribution in [2.75, 3.05) is 32.7 Å². The number of amides is 2. The topological polar surface area (TPSA) is 52.7 Å². The van der Waals surface area contributed by atoms with Crippen LogP contribution in [0.4, 0.5) is 0 Å². The van der Waals surface area contributed by atoms with Crippen LogP contribution in [0.3, 0.4) is 0 Å². The molecule has 0 aromatic rings. The molecule has 0 saturated carbocycles. The molecule has 2 heterocycles. The summed E-state index contributed by atoms with van der Waals surface area (Å²) in [5, 5.41) is 3.38. The number of nitrogens with one attached hydrogen (secondary N) is 1. The maximum atomic E-state index is 13.1. The summed E-state index contributed by atoms with van der Waals surface area (Å²) in [5.41, 5.74) is 0. The monoisotopic (exact) mass is 323 g/mol. The van der Waals surface area contributed by atoms with Gasteiger partial charge < -0.3 is 15.1 Å². The number of rotatable bonds is 6. The predicted molar refractivity (Wildman–Crippen MR) is 92.1 cm³/mol. The Bertz CT molecular complexity index is 394. The Morgan fingerprint density at radius 1 is 1.13 bits per heavy atom. The highest BCUT2D eigenvalue weighted by molar-refractivity contribution is 5.81. The van der Waals surface area contributed by atoms with Crippen LogP contribution in [-0.2, 0) is 9.59 Å². The van der Waals surface area contributed by atoms with Crippen molar-refractivity contribution in [3.63, 3.8) is 0 Å². The Hall–Kier alpha value is -1.10. The minimum absolute atomic E-state index is 0.00555. The van der Waals surface area contributed by atoms with E-state index in [0.717, 1.165) is 64.7 Å². The predicted octanol–water partition coefficient (Wildman–Crippen LogP) is 2.02. The summed E-state index contributed by atoms with van der Waals surface area (Å²) >= 11 is 0. The van der Waals surface area contributed by atoms with Crippen LogP contribution in [0.1, 0.15) is 58.8 Å². The second-order valence-corrected chi connectivity index (χ2v) is 6.94. The number of likely N-dealkylation sites (tertiary alicyclic amines) is 1. The van der Waals surface area contributed by atoms with Crippen LogP contribution in [0.15, 0.2) is 0 Å². The Morgan fingerprint density at radius 2 is 1.87 bits per heavy atom. The third kappa shape index (κ3) is 4.93. The summed E-state index contributed by atoms with van der Waals surface area (Å²) in [6, 6.07) is 0.380. The van der Waals surface area contributed by atoms with Gasteiger partial charge in [0.1, 0.15) is 0 Å². The van der Waals surface area contributed by atoms with E-state index in [9.17, 15) is 9.59 Å². The molecule has 2 aliphatic heterocycles. The fourth-order valence-electron chi connectivity index (χ4n) is 3.84. The van der Waals surface area contributed by atoms with E-state index < -0.39 is 0 Å². The van der Waals surface area contributed by atoms with E-state index in [1.807, 2.05) is 11.8 Å². The third-order valence-corrected chi connectivity index (χ3v) is 5.08. The molecule has 2 aliphatic rings. The van der Waals surface area contributed by atoms with Gasteiger partial charge in [-0.1, -0.05) is 13.8 Å². The van der Waals surface area contributed by atoms with Gasteiger partial charge >= 0.3 is 0 Å². The molecular formula is C18H33N3O2. The zero-order valence-corrected chi connectivity index (χ0v) is 14.9. The second-order valence-electron chi connectivity index (χ2n) is 6.94. The Kier molecular flexibility index (Phi) is 7.34. The summed E-state index contributed by atoms with van der Waals surface area (Å²) in [5.74, 6) is 0.507. The van der Waals surface area contributed by atoms with Gasteiger partial charge in [0.2, 0.25) is 11.8 Å². The first-order valence-electron chi connectivity index (χ1n) is 9.46. The smallest absolute Gasteiger partial charge is 0.227 e. The lowest BCUT2D eigenvalue weighted by atomic mass is 9.94. The zero-order valence-electron chi connectivity index (χ0n) is 14.9. The van der Waals surface area contributed by atoms with Crippen molar-refractivity contribution in [3.05, 3.63) is 0 Å². The molecule has 0 aliphatic carbocycles. The van der Waals surface area contributed by atoms with Crippen LogP contribution >= 0.6 is 0 Å². The van der Waals surface area contributed by atoms with Crippen molar-refractivity contribution in [1.82, 2.24) is 15.1 Å². The fraction of sp³-hybridized carbons (Fsp3) is 0.889. The molecule has 5 heteroatoms. The van der Waals surface area contributed by atoms with E-state index >= 15 is 0 Å². The lowest BCUT2D eigenvalue weighted by Crippen LogP contribution is -2.52. The number of hydrogen-bond donors (Lipinski definition) is 1. The molecule has 0 aromatic heterocycles. The lowest BCUT2D eigenvalue weighted by Gasteiger charge is -2.39. The summed E-state index contributed by atoms with van der Waals surface area (Å²) in [6.45, 7) is 8.48. The molecule has 23 heavy (non-hydrogen) atoms. The van der Waals surface area contributed by atoms with Gasteiger partial charge in [0.15, 0.2) is 0 Å². The van der Waals surface area contributed by atoms with Gasteiger partial charge in [0, 0.05) is 32.1 Å². The summed E-state index contributed by atoms with van der Waals surface area (Å²) in [4.78, 5) is 29.3. The third-order valence-electron chi connectivity index (χ3n) is 5.08. The van der Waals surface area contributed by atoms with Gasteiger partial charge in [-0.2, -0.15) is 0 Å². The Labute approximate surface area is 140 Å². The number of carbonyl (C=O) groups is 2. The highest BCUT2D eigenvalue weighted by Gasteiger charge is 2.33. The molecule has 132 valence electrons. The molecule has 2 saturated heterocycles. The molecule has 0 bridgehead atoms. The van der Waals surface area contributed by atoms with Crippen LogP contribution in [0, 0.1) is 5.92 Å². The zero-order chi connectivity index (χ0) is 16.7. The van der Waals surface area contributed by atoms with E-state index in [4.69, 9.17) is 0 Å². The minimum Gasteiger partial charge on any atom is -0.342 e. The number of carbonyl (C=O) groups excluding carboxylic acids is 2. The van der Waals surface area contributed by atoms with Gasteiger partial charge in [-0.15, -0.1) is 0 Å². The average molecular weight is 323 g/mol. The van der Waals surface area contributed by atoms with Crippen LogP contribution in [0.2, 0.25) is 0 Å². The first-order chi connectivity index (χ1) is 11.2. The van der Waals surface area contributed by atoms with E-state index in [0.29, 0.717) is 19.0 Å². The molecule has 2 amide bonds. The van der Waals surface area contributed by atoms with E-state index in [-0.39, 0.29) is 17.7 Å². The summed E-state index contributed by atoms with van der Waals surface area (Å²) in [7, 11) is 0. The molecule has 2 rings (SSSR count). The number of nitrogens with zero attached hydrogens (tertiary/aromatic N) is 2. The maximum absolute atomic E-state index is 13.1. The van der Waals surface area contributed by atoms with Crippen LogP contribution < -0.4 is 5.32 Å². The number of piperidine rings is 2. The molecule has 0 radical (unpaired) electrons. The minimum atomic E-state index is 0.00555. The first-order valence-corrected chi connectivity index (χ1v) is 9.46. The van der Waals surface area contributed by atoms with E-state index in [1.54, 1.807) is 0 Å². The van der Waals surface area contributed by atoms with E-state index in [1.165, 1.54) is 0 Å². The molecule has 1 N–H and O–H groups in total. The molecule has 2 fully saturated rings. The Balaban J connectivity index is 1.98. The van der Waals surface area contributed by atoms with Crippen molar-refractivity contribution in [1.29, 1.82) is 0 Å². The first kappa shape index (κ1) is 18.2. The summed E-state index contributed by atoms with van der Waals surface area (Å²) in [6.07, 6.45) is 6.48. The highest BCUT2D eigenvalue weighted by Crippen LogP contribution is 2.23. The van der Waals surface area contributed by atoms with Gasteiger partial charge in [-0.3, -0.25) is 9.59 Å². The number of hydrogen-bond acceptors (Lipinski definition) is 3. The normalized spacial score (nSPS) is 22.9. The Morgan fingerprint density at radius 3 is 2.52 bits per heavy atom. The summed E-state index contributed by atoms with van der Waals surface area (Å²) < 4.78 is 0. The standard InChI is InChI=1S/C18H33N3O2/c1-3-6-17(22)20-13-5-7-15(14-20)18(23)21(12-4-2)16-8-10-19-11-9-16/h15-16,19H,3-14H2,1-2H3. The molecule has 0 spiro atoms. The van der Waals surface area contributed by atoms with E-state index in [2.05, 4.69) is 17.1 Å². The van der Waals surface area contributed by atoms with Crippen molar-refractivity contribution in [2.24, 2.45) is 5.92 Å². The van der Waals surface area contributed by atoms with Crippen molar-refractivity contribution in [2.45, 2.75) is 64.8 Å². The molecule has 0 aromatic carbocycles. The largest absolute Gasteiger partial charge is 0.342 e. The van der Waals surface area contributed by atoms with Crippen LogP contribution in [-0.4, -0.2) is 60.4 Å². The lowest BCUT2D eigenvalue weighted by molar-refractivity contribution is -0.143. The molecule has 1 atom stereocenters. The highest BCUT2D eigenvalue weighted by atomic mass is 16.2. The second kappa shape index (κ2) is 9.26. The van der Waals surface area contributed by atoms with Gasteiger partial charge in [0.25, 0.3) is 0 Å². The van der Waals surface area contributed by atoms with Crippen molar-refractivity contribution in [3.8, 4) is 0 Å². The van der Waals surface area contributed by atoms with Crippen LogP contribution in [0.25, 0.3) is 0 Å². The molecular weight excluding hydrogens is 290 g/mol. The maximum Gasteiger partial charge on any atom is 0.227 e. The van der Waals surface area contributed by atoms with Gasteiger partial charge in [0.05, 0.1) is 5.92 Å². The average Bonchev–Trinajstić information content (AvgIpc) is 2.60. The molecule has 1 unspecified atom stereocenters. The molecule has 5 nitrogen and oxygen atoms in total. The van der Waals surface area contributed by atoms with Crippen LogP contribution in [0.5, 0.6) is 0 Å². The van der Waals surface area contributed by atoms with Gasteiger partial charge in [-0.25, -0.2) is 0 Å². The fourth-order valence-corrected chi connectivity index (χ4v) is 3.84. The van der Waals surface area contributed by atoms with Crippen molar-refractivity contribution >= 4 is 11.8 Å². The van der Waals surface area contributed by atoms with Gasteiger partial charge in [-0.05, 0) is 51.6 Å².